The predicted octanol–water partition coefficient (Wildman–Crippen LogP) is 2.09. The van der Waals surface area contributed by atoms with E-state index in [0.29, 0.717) is 5.69 Å². The maximum atomic E-state index is 12.2. The number of nitrogens with zero attached hydrogens (tertiary/aromatic N) is 2. The summed E-state index contributed by atoms with van der Waals surface area (Å²) in [5.41, 5.74) is 5.69. The van der Waals surface area contributed by atoms with Crippen LogP contribution in [-0.2, 0) is 0 Å². The van der Waals surface area contributed by atoms with Crippen molar-refractivity contribution in [2.75, 3.05) is 5.73 Å². The largest absolute Gasteiger partial charge is 0.398 e. The smallest absolute Gasteiger partial charge is 0.124 e. The van der Waals surface area contributed by atoms with Gasteiger partial charge in [0.2, 0.25) is 0 Å². The SMILES string of the molecule is N#N.Nc1ccc(F)cc1Cl. The van der Waals surface area contributed by atoms with Crippen molar-refractivity contribution in [2.45, 2.75) is 0 Å². The second-order valence-electron chi connectivity index (χ2n) is 1.67. The van der Waals surface area contributed by atoms with E-state index in [-0.39, 0.29) is 10.8 Å². The number of anilines is 1. The van der Waals surface area contributed by atoms with Crippen molar-refractivity contribution in [2.24, 2.45) is 0 Å². The molecule has 0 atom stereocenters. The first-order valence-electron chi connectivity index (χ1n) is 2.60. The minimum absolute atomic E-state index is 0.259. The Morgan fingerprint density at radius 3 is 2.27 bits per heavy atom. The molecule has 1 aromatic rings. The van der Waals surface area contributed by atoms with E-state index in [2.05, 4.69) is 0 Å². The van der Waals surface area contributed by atoms with Gasteiger partial charge in [0.05, 0.1) is 10.7 Å². The molecule has 0 aliphatic heterocycles. The van der Waals surface area contributed by atoms with Gasteiger partial charge in [-0.3, -0.25) is 0 Å². The highest BCUT2D eigenvalue weighted by Crippen LogP contribution is 2.18. The molecule has 0 unspecified atom stereocenters. The molecular formula is C6H5ClFN3. The third-order valence-electron chi connectivity index (χ3n) is 0.962. The lowest BCUT2D eigenvalue weighted by Crippen LogP contribution is -1.85. The number of nitrogen functional groups attached to an aromatic ring is 1. The van der Waals surface area contributed by atoms with E-state index in [0.717, 1.165) is 0 Å². The van der Waals surface area contributed by atoms with Gasteiger partial charge >= 0.3 is 0 Å². The summed E-state index contributed by atoms with van der Waals surface area (Å²) >= 11 is 5.45. The molecule has 11 heavy (non-hydrogen) atoms. The van der Waals surface area contributed by atoms with Gasteiger partial charge < -0.3 is 5.73 Å². The zero-order valence-corrected chi connectivity index (χ0v) is 6.22. The molecule has 0 amide bonds. The fourth-order valence-corrected chi connectivity index (χ4v) is 0.669. The Kier molecular flexibility index (Phi) is 3.93. The third kappa shape index (κ3) is 2.83. The number of halogens is 2. The first kappa shape index (κ1) is 9.66. The fraction of sp³-hybridized carbons (Fsp3) is 0. The van der Waals surface area contributed by atoms with Crippen LogP contribution in [0.5, 0.6) is 0 Å². The van der Waals surface area contributed by atoms with Crippen LogP contribution in [0, 0.1) is 16.6 Å². The molecule has 0 aliphatic carbocycles. The average molecular weight is 174 g/mol. The van der Waals surface area contributed by atoms with Crippen LogP contribution in [0.4, 0.5) is 10.1 Å². The van der Waals surface area contributed by atoms with Gasteiger partial charge in [0, 0.05) is 10.8 Å². The molecule has 0 spiro atoms. The van der Waals surface area contributed by atoms with Gasteiger partial charge in [0.25, 0.3) is 0 Å². The molecule has 1 aromatic carbocycles. The Bertz CT molecular complexity index is 261. The number of benzene rings is 1. The Labute approximate surface area is 68.0 Å². The summed E-state index contributed by atoms with van der Waals surface area (Å²) in [4.78, 5) is 0. The Morgan fingerprint density at radius 1 is 1.36 bits per heavy atom. The van der Waals surface area contributed by atoms with Crippen molar-refractivity contribution in [1.29, 1.82) is 10.8 Å². The van der Waals surface area contributed by atoms with Crippen LogP contribution in [0.2, 0.25) is 5.02 Å². The highest BCUT2D eigenvalue weighted by molar-refractivity contribution is 6.33. The molecule has 5 heteroatoms. The summed E-state index contributed by atoms with van der Waals surface area (Å²) in [5.74, 6) is -0.366. The summed E-state index contributed by atoms with van der Waals surface area (Å²) in [5, 5.41) is 12.3. The van der Waals surface area contributed by atoms with Gasteiger partial charge in [-0.2, -0.15) is 0 Å². The van der Waals surface area contributed by atoms with E-state index < -0.39 is 0 Å². The second-order valence-corrected chi connectivity index (χ2v) is 2.07. The van der Waals surface area contributed by atoms with Crippen molar-refractivity contribution in [1.82, 2.24) is 0 Å². The van der Waals surface area contributed by atoms with E-state index in [1.807, 2.05) is 0 Å². The molecule has 58 valence electrons. The van der Waals surface area contributed by atoms with Crippen LogP contribution >= 0.6 is 11.6 Å². The first-order valence-corrected chi connectivity index (χ1v) is 2.98. The standard InChI is InChI=1S/C6H5ClFN.N2/c7-5-3-4(8)1-2-6(5)9;1-2/h1-3H,9H2;. The first-order chi connectivity index (χ1) is 5.20. The zero-order chi connectivity index (χ0) is 8.85. The molecule has 3 nitrogen and oxygen atoms in total. The minimum Gasteiger partial charge on any atom is -0.398 e. The van der Waals surface area contributed by atoms with Crippen molar-refractivity contribution < 1.29 is 4.39 Å². The van der Waals surface area contributed by atoms with Gasteiger partial charge in [-0.25, -0.2) is 4.39 Å². The van der Waals surface area contributed by atoms with Crippen LogP contribution in [0.25, 0.3) is 0 Å². The Balaban J connectivity index is 0.000000461. The van der Waals surface area contributed by atoms with Crippen LogP contribution in [0.15, 0.2) is 18.2 Å². The highest BCUT2D eigenvalue weighted by atomic mass is 35.5. The third-order valence-corrected chi connectivity index (χ3v) is 1.29. The zero-order valence-electron chi connectivity index (χ0n) is 5.46. The quantitative estimate of drug-likeness (QED) is 0.482. The molecule has 0 fully saturated rings. The normalized spacial score (nSPS) is 8.00. The monoisotopic (exact) mass is 173 g/mol. The van der Waals surface area contributed by atoms with Gasteiger partial charge in [0.15, 0.2) is 0 Å². The molecule has 0 aromatic heterocycles. The molecular weight excluding hydrogens is 169 g/mol. The summed E-state index contributed by atoms with van der Waals surface area (Å²) in [7, 11) is 0. The van der Waals surface area contributed by atoms with Gasteiger partial charge in [-0.05, 0) is 18.2 Å². The maximum absolute atomic E-state index is 12.2. The summed E-state index contributed by atoms with van der Waals surface area (Å²) in [6.45, 7) is 0. The average Bonchev–Trinajstić information content (AvgIpc) is 2.02. The van der Waals surface area contributed by atoms with E-state index in [1.165, 1.54) is 18.2 Å². The summed E-state index contributed by atoms with van der Waals surface area (Å²) in [6, 6.07) is 3.87. The summed E-state index contributed by atoms with van der Waals surface area (Å²) < 4.78 is 12.2. The minimum atomic E-state index is -0.366. The van der Waals surface area contributed by atoms with E-state index >= 15 is 0 Å². The Morgan fingerprint density at radius 2 is 1.91 bits per heavy atom. The van der Waals surface area contributed by atoms with Crippen molar-refractivity contribution >= 4 is 17.3 Å². The molecule has 0 aliphatic rings. The number of hydrogen-bond donors (Lipinski definition) is 1. The van der Waals surface area contributed by atoms with Crippen molar-refractivity contribution in [3.05, 3.63) is 29.0 Å². The van der Waals surface area contributed by atoms with Crippen LogP contribution in [0.3, 0.4) is 0 Å². The van der Waals surface area contributed by atoms with Gasteiger partial charge in [-0.15, -0.1) is 0 Å². The number of nitrogens with two attached hydrogens (primary N) is 1. The molecule has 1 rings (SSSR count). The highest BCUT2D eigenvalue weighted by Gasteiger charge is 1.94. The maximum Gasteiger partial charge on any atom is 0.124 e. The topological polar surface area (TPSA) is 73.6 Å². The van der Waals surface area contributed by atoms with Gasteiger partial charge in [0.1, 0.15) is 5.82 Å². The van der Waals surface area contributed by atoms with Crippen molar-refractivity contribution in [3.8, 4) is 0 Å². The van der Waals surface area contributed by atoms with Crippen LogP contribution in [0.1, 0.15) is 0 Å². The lowest BCUT2D eigenvalue weighted by molar-refractivity contribution is 0.628. The number of rotatable bonds is 0. The molecule has 2 N–H and O–H groups in total. The van der Waals surface area contributed by atoms with Crippen LogP contribution < -0.4 is 5.73 Å². The molecule has 0 heterocycles. The number of hydrogen-bond acceptors (Lipinski definition) is 3. The van der Waals surface area contributed by atoms with E-state index in [1.54, 1.807) is 0 Å². The molecule has 0 bridgehead atoms. The van der Waals surface area contributed by atoms with Crippen LogP contribution in [-0.4, -0.2) is 0 Å². The van der Waals surface area contributed by atoms with Crippen molar-refractivity contribution in [3.63, 3.8) is 0 Å². The molecule has 0 saturated carbocycles. The van der Waals surface area contributed by atoms with E-state index in [9.17, 15) is 4.39 Å². The van der Waals surface area contributed by atoms with E-state index in [4.69, 9.17) is 28.1 Å². The predicted molar refractivity (Wildman–Crippen MR) is 39.3 cm³/mol. The lowest BCUT2D eigenvalue weighted by Gasteiger charge is -1.94. The fourth-order valence-electron chi connectivity index (χ4n) is 0.502. The molecule has 0 radical (unpaired) electrons. The Hall–Kier alpha value is -1.34. The summed E-state index contributed by atoms with van der Waals surface area (Å²) in [6.07, 6.45) is 0. The van der Waals surface area contributed by atoms with Gasteiger partial charge in [-0.1, -0.05) is 11.6 Å². The lowest BCUT2D eigenvalue weighted by atomic mass is 10.3. The second kappa shape index (κ2) is 4.47. The molecule has 0 saturated heterocycles.